The topological polar surface area (TPSA) is 80.9 Å². The summed E-state index contributed by atoms with van der Waals surface area (Å²) in [4.78, 5) is 15.3. The molecule has 122 valence electrons. The number of benzene rings is 1. The lowest BCUT2D eigenvalue weighted by Crippen LogP contribution is -2.06. The number of pyridine rings is 1. The molecule has 0 atom stereocenters. The van der Waals surface area contributed by atoms with Crippen LogP contribution in [-0.4, -0.2) is 31.1 Å². The Labute approximate surface area is 133 Å². The molecule has 2 aromatic heterocycles. The summed E-state index contributed by atoms with van der Waals surface area (Å²) >= 11 is 0. The molecule has 0 radical (unpaired) electrons. The Bertz CT molecular complexity index is 874. The van der Waals surface area contributed by atoms with Crippen molar-refractivity contribution in [1.82, 2.24) is 20.0 Å². The van der Waals surface area contributed by atoms with Crippen molar-refractivity contribution < 1.29 is 23.1 Å². The van der Waals surface area contributed by atoms with Crippen molar-refractivity contribution in [2.24, 2.45) is 0 Å². The molecule has 0 unspecified atom stereocenters. The van der Waals surface area contributed by atoms with Crippen molar-refractivity contribution in [3.8, 4) is 16.9 Å². The lowest BCUT2D eigenvalue weighted by atomic mass is 10.1. The van der Waals surface area contributed by atoms with Gasteiger partial charge >= 0.3 is 12.1 Å². The Morgan fingerprint density at radius 3 is 2.38 bits per heavy atom. The highest BCUT2D eigenvalue weighted by atomic mass is 19.4. The molecule has 3 aromatic rings. The van der Waals surface area contributed by atoms with Gasteiger partial charge < -0.3 is 5.11 Å². The van der Waals surface area contributed by atoms with Crippen LogP contribution >= 0.6 is 0 Å². The van der Waals surface area contributed by atoms with Crippen LogP contribution in [0.5, 0.6) is 0 Å². The summed E-state index contributed by atoms with van der Waals surface area (Å²) in [7, 11) is 0. The van der Waals surface area contributed by atoms with E-state index in [0.717, 1.165) is 12.1 Å². The fraction of sp³-hybridized carbons (Fsp3) is 0.0667. The number of rotatable bonds is 3. The summed E-state index contributed by atoms with van der Waals surface area (Å²) in [6.07, 6.45) is -1.53. The normalized spacial score (nSPS) is 11.5. The fourth-order valence-electron chi connectivity index (χ4n) is 2.16. The highest BCUT2D eigenvalue weighted by Crippen LogP contribution is 2.30. The van der Waals surface area contributed by atoms with Gasteiger partial charge in [-0.3, -0.25) is 4.98 Å². The predicted molar refractivity (Wildman–Crippen MR) is 76.6 cm³/mol. The van der Waals surface area contributed by atoms with Crippen LogP contribution < -0.4 is 0 Å². The number of nitrogens with zero attached hydrogens (tertiary/aromatic N) is 4. The second-order valence-electron chi connectivity index (χ2n) is 4.79. The second-order valence-corrected chi connectivity index (χ2v) is 4.79. The molecule has 24 heavy (non-hydrogen) atoms. The van der Waals surface area contributed by atoms with E-state index in [-0.39, 0.29) is 17.1 Å². The number of alkyl halides is 3. The molecule has 9 heteroatoms. The van der Waals surface area contributed by atoms with Crippen LogP contribution in [0.4, 0.5) is 13.2 Å². The van der Waals surface area contributed by atoms with Gasteiger partial charge in [0.05, 0.1) is 11.3 Å². The van der Waals surface area contributed by atoms with Crippen molar-refractivity contribution >= 4 is 5.97 Å². The molecule has 3 rings (SSSR count). The van der Waals surface area contributed by atoms with E-state index >= 15 is 0 Å². The number of hydrogen-bond donors (Lipinski definition) is 1. The highest BCUT2D eigenvalue weighted by molar-refractivity contribution is 5.92. The van der Waals surface area contributed by atoms with Crippen molar-refractivity contribution in [2.75, 3.05) is 0 Å². The Morgan fingerprint density at radius 2 is 1.83 bits per heavy atom. The molecular weight excluding hydrogens is 325 g/mol. The highest BCUT2D eigenvalue weighted by Gasteiger charge is 2.30. The van der Waals surface area contributed by atoms with E-state index in [1.54, 1.807) is 12.1 Å². The molecule has 0 aliphatic carbocycles. The minimum absolute atomic E-state index is 0.135. The van der Waals surface area contributed by atoms with Crippen molar-refractivity contribution in [3.63, 3.8) is 0 Å². The van der Waals surface area contributed by atoms with Crippen LogP contribution in [0.25, 0.3) is 16.9 Å². The van der Waals surface area contributed by atoms with Gasteiger partial charge in [0.15, 0.2) is 5.69 Å². The first-order valence-electron chi connectivity index (χ1n) is 6.65. The van der Waals surface area contributed by atoms with Gasteiger partial charge in [0.2, 0.25) is 0 Å². The second kappa shape index (κ2) is 5.76. The molecule has 0 saturated heterocycles. The molecule has 0 fully saturated rings. The number of hydrogen-bond acceptors (Lipinski definition) is 4. The van der Waals surface area contributed by atoms with E-state index in [2.05, 4.69) is 15.3 Å². The maximum atomic E-state index is 12.7. The fourth-order valence-corrected chi connectivity index (χ4v) is 2.16. The number of carboxylic acid groups (broad SMARTS) is 1. The first-order chi connectivity index (χ1) is 11.4. The quantitative estimate of drug-likeness (QED) is 0.796. The summed E-state index contributed by atoms with van der Waals surface area (Å²) in [5.74, 6) is -1.30. The van der Waals surface area contributed by atoms with E-state index in [4.69, 9.17) is 0 Å². The van der Waals surface area contributed by atoms with Crippen LogP contribution in [-0.2, 0) is 6.18 Å². The molecule has 0 aliphatic heterocycles. The Morgan fingerprint density at radius 1 is 1.12 bits per heavy atom. The van der Waals surface area contributed by atoms with Gasteiger partial charge in [0, 0.05) is 18.0 Å². The number of halogens is 3. The SMILES string of the molecule is O=C(O)c1nnn(-c2ccc(C(F)(F)F)cc2)c1-c1cccnc1. The van der Waals surface area contributed by atoms with Crippen molar-refractivity contribution in [3.05, 3.63) is 60.0 Å². The van der Waals surface area contributed by atoms with Gasteiger partial charge in [-0.2, -0.15) is 13.2 Å². The summed E-state index contributed by atoms with van der Waals surface area (Å²) in [5.41, 5.74) is -0.312. The average molecular weight is 334 g/mol. The van der Waals surface area contributed by atoms with E-state index in [1.165, 1.54) is 29.2 Å². The van der Waals surface area contributed by atoms with Crippen LogP contribution in [0.2, 0.25) is 0 Å². The number of carboxylic acids is 1. The molecule has 2 heterocycles. The van der Waals surface area contributed by atoms with Gasteiger partial charge in [-0.15, -0.1) is 5.10 Å². The summed E-state index contributed by atoms with van der Waals surface area (Å²) in [6.45, 7) is 0. The van der Waals surface area contributed by atoms with E-state index < -0.39 is 17.7 Å². The molecule has 1 aromatic carbocycles. The number of aromatic nitrogens is 4. The van der Waals surface area contributed by atoms with Gasteiger partial charge in [-0.1, -0.05) is 5.21 Å². The monoisotopic (exact) mass is 334 g/mol. The van der Waals surface area contributed by atoms with Crippen molar-refractivity contribution in [1.29, 1.82) is 0 Å². The minimum atomic E-state index is -4.46. The van der Waals surface area contributed by atoms with Crippen LogP contribution in [0.3, 0.4) is 0 Å². The first kappa shape index (κ1) is 15.7. The molecule has 0 spiro atoms. The summed E-state index contributed by atoms with van der Waals surface area (Å²) < 4.78 is 39.1. The number of carbonyl (C=O) groups is 1. The zero-order valence-corrected chi connectivity index (χ0v) is 11.9. The molecule has 0 aliphatic rings. The van der Waals surface area contributed by atoms with Gasteiger partial charge in [0.1, 0.15) is 5.69 Å². The maximum absolute atomic E-state index is 12.7. The zero-order chi connectivity index (χ0) is 17.3. The Balaban J connectivity index is 2.14. The van der Waals surface area contributed by atoms with Crippen molar-refractivity contribution in [2.45, 2.75) is 6.18 Å². The lowest BCUT2D eigenvalue weighted by molar-refractivity contribution is -0.137. The molecule has 0 bridgehead atoms. The van der Waals surface area contributed by atoms with Crippen LogP contribution in [0.15, 0.2) is 48.8 Å². The summed E-state index contributed by atoms with van der Waals surface area (Å²) in [5, 5.41) is 16.6. The third kappa shape index (κ3) is 2.83. The molecule has 1 N–H and O–H groups in total. The zero-order valence-electron chi connectivity index (χ0n) is 11.9. The largest absolute Gasteiger partial charge is 0.476 e. The third-order valence-electron chi connectivity index (χ3n) is 3.25. The standard InChI is InChI=1S/C15H9F3N4O2/c16-15(17,18)10-3-5-11(6-4-10)22-13(9-2-1-7-19-8-9)12(14(23)24)20-21-22/h1-8H,(H,23,24). The van der Waals surface area contributed by atoms with Crippen LogP contribution in [0, 0.1) is 0 Å². The molecule has 0 saturated carbocycles. The van der Waals surface area contributed by atoms with E-state index in [0.29, 0.717) is 5.56 Å². The predicted octanol–water partition coefficient (Wildman–Crippen LogP) is 3.05. The molecule has 0 amide bonds. The van der Waals surface area contributed by atoms with E-state index in [1.807, 2.05) is 0 Å². The molecular formula is C15H9F3N4O2. The van der Waals surface area contributed by atoms with Gasteiger partial charge in [-0.25, -0.2) is 9.48 Å². The smallest absolute Gasteiger partial charge is 0.416 e. The lowest BCUT2D eigenvalue weighted by Gasteiger charge is -2.09. The van der Waals surface area contributed by atoms with Gasteiger partial charge in [0.25, 0.3) is 0 Å². The number of aromatic carboxylic acids is 1. The molecule has 6 nitrogen and oxygen atoms in total. The van der Waals surface area contributed by atoms with Crippen LogP contribution in [0.1, 0.15) is 16.1 Å². The Hall–Kier alpha value is -3.23. The maximum Gasteiger partial charge on any atom is 0.416 e. The van der Waals surface area contributed by atoms with E-state index in [9.17, 15) is 23.1 Å². The average Bonchev–Trinajstić information content (AvgIpc) is 3.00. The Kier molecular flexibility index (Phi) is 3.76. The third-order valence-corrected chi connectivity index (χ3v) is 3.25. The summed E-state index contributed by atoms with van der Waals surface area (Å²) in [6, 6.07) is 7.39. The minimum Gasteiger partial charge on any atom is -0.476 e. The first-order valence-corrected chi connectivity index (χ1v) is 6.65. The van der Waals surface area contributed by atoms with Gasteiger partial charge in [-0.05, 0) is 36.4 Å².